The molecule has 0 heterocycles. The minimum atomic E-state index is -1.27. The van der Waals surface area contributed by atoms with Crippen LogP contribution in [0, 0.1) is 11.8 Å². The van der Waals surface area contributed by atoms with E-state index in [0.717, 1.165) is 16.7 Å². The molecule has 0 aromatic heterocycles. The number of amides is 1. The van der Waals surface area contributed by atoms with E-state index in [2.05, 4.69) is 15.3 Å². The van der Waals surface area contributed by atoms with Gasteiger partial charge in [0.25, 0.3) is 0 Å². The molecule has 0 aliphatic rings. The van der Waals surface area contributed by atoms with Gasteiger partial charge in [-0.2, -0.15) is 0 Å². The van der Waals surface area contributed by atoms with Crippen LogP contribution in [-0.2, 0) is 43.2 Å². The van der Waals surface area contributed by atoms with Gasteiger partial charge in [-0.1, -0.05) is 77.9 Å². The van der Waals surface area contributed by atoms with Crippen LogP contribution in [-0.4, -0.2) is 57.9 Å². The molecule has 11 heteroatoms. The van der Waals surface area contributed by atoms with Gasteiger partial charge in [0.05, 0.1) is 12.5 Å². The summed E-state index contributed by atoms with van der Waals surface area (Å²) >= 11 is 0. The Morgan fingerprint density at radius 3 is 1.84 bits per heavy atom. The van der Waals surface area contributed by atoms with E-state index in [4.69, 9.17) is 5.53 Å². The largest absolute Gasteiger partial charge is 0.508 e. The molecule has 0 fully saturated rings. The number of benzene rings is 3. The van der Waals surface area contributed by atoms with Crippen molar-refractivity contribution < 1.29 is 34.2 Å². The number of azide groups is 1. The highest BCUT2D eigenvalue weighted by Gasteiger charge is 2.32. The fraction of sp³-hybridized carbons (Fsp3) is 0.395. The van der Waals surface area contributed by atoms with Crippen LogP contribution in [0.2, 0.25) is 0 Å². The lowest BCUT2D eigenvalue weighted by Gasteiger charge is -2.23. The maximum atomic E-state index is 13.8. The zero-order valence-corrected chi connectivity index (χ0v) is 27.7. The van der Waals surface area contributed by atoms with E-state index in [0.29, 0.717) is 6.42 Å². The molecule has 0 saturated carbocycles. The first-order valence-electron chi connectivity index (χ1n) is 16.5. The van der Waals surface area contributed by atoms with E-state index < -0.39 is 53.7 Å². The Balaban J connectivity index is 1.75. The van der Waals surface area contributed by atoms with Crippen LogP contribution in [0.25, 0.3) is 10.4 Å². The van der Waals surface area contributed by atoms with Gasteiger partial charge in [-0.15, -0.1) is 0 Å². The quantitative estimate of drug-likeness (QED) is 0.0418. The molecule has 0 aliphatic carbocycles. The molecular formula is C38H44N4O7. The normalized spacial score (nSPS) is 13.3. The van der Waals surface area contributed by atoms with Crippen molar-refractivity contribution in [3.8, 4) is 5.75 Å². The molecule has 3 aromatic carbocycles. The molecule has 0 saturated heterocycles. The lowest BCUT2D eigenvalue weighted by Crippen LogP contribution is -2.48. The van der Waals surface area contributed by atoms with Crippen molar-refractivity contribution in [1.82, 2.24) is 5.32 Å². The Hall–Kier alpha value is -5.12. The van der Waals surface area contributed by atoms with Crippen molar-refractivity contribution in [3.63, 3.8) is 0 Å². The van der Waals surface area contributed by atoms with Gasteiger partial charge < -0.3 is 15.5 Å². The van der Waals surface area contributed by atoms with Crippen LogP contribution < -0.4 is 5.32 Å². The van der Waals surface area contributed by atoms with Crippen LogP contribution in [0.5, 0.6) is 5.75 Å². The van der Waals surface area contributed by atoms with E-state index in [9.17, 15) is 34.2 Å². The number of aryl methyl sites for hydroxylation is 1. The van der Waals surface area contributed by atoms with E-state index in [1.54, 1.807) is 36.4 Å². The summed E-state index contributed by atoms with van der Waals surface area (Å²) in [5, 5.41) is 25.8. The number of carbonyl (C=O) groups is 5. The number of rotatable bonds is 22. The van der Waals surface area contributed by atoms with Crippen molar-refractivity contribution in [1.29, 1.82) is 0 Å². The fourth-order valence-corrected chi connectivity index (χ4v) is 5.62. The van der Waals surface area contributed by atoms with Crippen LogP contribution in [0.4, 0.5) is 0 Å². The average Bonchev–Trinajstić information content (AvgIpc) is 3.09. The van der Waals surface area contributed by atoms with Crippen LogP contribution in [0.1, 0.15) is 62.1 Å². The van der Waals surface area contributed by atoms with E-state index >= 15 is 0 Å². The molecule has 1 amide bonds. The number of aromatic hydroxyl groups is 1. The molecular weight excluding hydrogens is 624 g/mol. The summed E-state index contributed by atoms with van der Waals surface area (Å²) in [5.74, 6) is -3.56. The third-order valence-corrected chi connectivity index (χ3v) is 8.33. The summed E-state index contributed by atoms with van der Waals surface area (Å²) in [6.07, 6.45) is -0.757. The lowest BCUT2D eigenvalue weighted by atomic mass is 9.82. The maximum Gasteiger partial charge on any atom is 0.220 e. The van der Waals surface area contributed by atoms with Crippen molar-refractivity contribution in [2.75, 3.05) is 6.54 Å². The number of Topliss-reactive ketones (excluding diaryl/α,β-unsaturated/α-hetero) is 4. The third kappa shape index (κ3) is 13.9. The molecule has 49 heavy (non-hydrogen) atoms. The molecule has 258 valence electrons. The van der Waals surface area contributed by atoms with Gasteiger partial charge in [-0.25, -0.2) is 0 Å². The van der Waals surface area contributed by atoms with Crippen LogP contribution in [0.3, 0.4) is 0 Å². The first kappa shape index (κ1) is 38.3. The molecule has 3 rings (SSSR count). The summed E-state index contributed by atoms with van der Waals surface area (Å²) in [7, 11) is 0. The topological polar surface area (TPSA) is 187 Å². The number of hydrogen-bond donors (Lipinski definition) is 3. The summed E-state index contributed by atoms with van der Waals surface area (Å²) in [6, 6.07) is 23.6. The van der Waals surface area contributed by atoms with Gasteiger partial charge in [0.1, 0.15) is 29.1 Å². The third-order valence-electron chi connectivity index (χ3n) is 8.33. The van der Waals surface area contributed by atoms with Gasteiger partial charge in [-0.05, 0) is 67.0 Å². The number of hydrogen-bond acceptors (Lipinski definition) is 8. The van der Waals surface area contributed by atoms with Crippen molar-refractivity contribution in [2.45, 2.75) is 76.9 Å². The minimum Gasteiger partial charge on any atom is -0.508 e. The predicted molar refractivity (Wildman–Crippen MR) is 184 cm³/mol. The Kier molecular flexibility index (Phi) is 15.9. The van der Waals surface area contributed by atoms with Gasteiger partial charge in [0.15, 0.2) is 5.78 Å². The summed E-state index contributed by atoms with van der Waals surface area (Å²) in [5.41, 5.74) is 10.9. The van der Waals surface area contributed by atoms with Gasteiger partial charge in [0, 0.05) is 49.0 Å². The number of phenols is 1. The summed E-state index contributed by atoms with van der Waals surface area (Å²) in [4.78, 5) is 69.3. The molecule has 3 aromatic rings. The van der Waals surface area contributed by atoms with Crippen molar-refractivity contribution >= 4 is 29.0 Å². The Labute approximate surface area is 286 Å². The Morgan fingerprint density at radius 1 is 0.755 bits per heavy atom. The molecule has 0 spiro atoms. The highest BCUT2D eigenvalue weighted by Crippen LogP contribution is 2.23. The first-order valence-corrected chi connectivity index (χ1v) is 16.5. The number of ketones is 4. The zero-order valence-electron chi connectivity index (χ0n) is 27.7. The molecule has 3 N–H and O–H groups in total. The van der Waals surface area contributed by atoms with Gasteiger partial charge >= 0.3 is 0 Å². The highest BCUT2D eigenvalue weighted by molar-refractivity contribution is 6.04. The first-order chi connectivity index (χ1) is 23.5. The number of phenolic OH excluding ortho intramolecular Hbond substituents is 1. The second kappa shape index (κ2) is 20.3. The number of aliphatic hydroxyl groups excluding tert-OH is 1. The zero-order chi connectivity index (χ0) is 35.6. The molecule has 4 atom stereocenters. The molecule has 4 unspecified atom stereocenters. The highest BCUT2D eigenvalue weighted by atomic mass is 16.3. The average molecular weight is 669 g/mol. The SMILES string of the molecule is CC(O)C(NC(=O)CCCN=[N+]=[N-])C(=O)CC(Cc1ccccc1)C(=O)CC(=O)C(CC(=O)CCc1ccc(O)cc1)Cc1ccccc1. The van der Waals surface area contributed by atoms with Gasteiger partial charge in [0.2, 0.25) is 5.91 Å². The predicted octanol–water partition coefficient (Wildman–Crippen LogP) is 5.45. The molecule has 0 bridgehead atoms. The maximum absolute atomic E-state index is 13.8. The smallest absolute Gasteiger partial charge is 0.220 e. The summed E-state index contributed by atoms with van der Waals surface area (Å²) < 4.78 is 0. The van der Waals surface area contributed by atoms with E-state index in [1.807, 2.05) is 48.5 Å². The summed E-state index contributed by atoms with van der Waals surface area (Å²) in [6.45, 7) is 1.47. The fourth-order valence-electron chi connectivity index (χ4n) is 5.62. The second-order valence-electron chi connectivity index (χ2n) is 12.3. The lowest BCUT2D eigenvalue weighted by molar-refractivity contribution is -0.136. The van der Waals surface area contributed by atoms with Crippen molar-refractivity contribution in [3.05, 3.63) is 112 Å². The number of aliphatic hydroxyl groups is 1. The molecule has 11 nitrogen and oxygen atoms in total. The molecule has 0 aliphatic heterocycles. The number of carbonyl (C=O) groups excluding carboxylic acids is 5. The van der Waals surface area contributed by atoms with Crippen LogP contribution in [0.15, 0.2) is 90.0 Å². The second-order valence-corrected chi connectivity index (χ2v) is 12.3. The van der Waals surface area contributed by atoms with E-state index in [-0.39, 0.29) is 63.0 Å². The van der Waals surface area contributed by atoms with E-state index in [1.165, 1.54) is 6.92 Å². The molecule has 0 radical (unpaired) electrons. The Bertz CT molecular complexity index is 1590. The number of nitrogens with one attached hydrogen (secondary N) is 1. The Morgan fingerprint density at radius 2 is 1.31 bits per heavy atom. The minimum absolute atomic E-state index is 0.0210. The van der Waals surface area contributed by atoms with Crippen LogP contribution >= 0.6 is 0 Å². The van der Waals surface area contributed by atoms with Crippen molar-refractivity contribution in [2.24, 2.45) is 17.0 Å². The van der Waals surface area contributed by atoms with Gasteiger partial charge in [-0.3, -0.25) is 24.0 Å². The monoisotopic (exact) mass is 668 g/mol. The standard InChI is InChI=1S/C38H44N4O7/c1-26(43)38(41-37(49)13-8-20-40-42-39)36(48)24-31(22-29-11-6-3-7-12-29)35(47)25-34(46)30(21-28-9-4-2-5-10-28)23-33(45)19-16-27-14-17-32(44)18-15-27/h2-7,9-12,14-15,17-18,26,30-31,38,43-44H,8,13,16,19-25H2,1H3,(H,41,49). The number of nitrogens with zero attached hydrogens (tertiary/aromatic N) is 3.